The molecule has 1 aliphatic carbocycles. The van der Waals surface area contributed by atoms with Gasteiger partial charge in [0.05, 0.1) is 24.1 Å². The Bertz CT molecular complexity index is 1220. The summed E-state index contributed by atoms with van der Waals surface area (Å²) in [6, 6.07) is 5.84. The summed E-state index contributed by atoms with van der Waals surface area (Å²) in [5.41, 5.74) is 3.08. The van der Waals surface area contributed by atoms with Gasteiger partial charge in [-0.15, -0.1) is 11.3 Å². The minimum Gasteiger partial charge on any atom is -0.446 e. The first-order valence-corrected chi connectivity index (χ1v) is 11.2. The Balaban J connectivity index is 1.36. The SMILES string of the molecule is Cn1cncc1CNC(=O)OC1CCc2c(sc(NC(=O)/C=C/c3cccnc3)c2C#N)C1. The average molecular weight is 463 g/mol. The number of nitriles is 1. The fraction of sp³-hybridized carbons (Fsp3) is 0.261. The number of alkyl carbamates (subject to hydrolysis) is 1. The first-order chi connectivity index (χ1) is 16.0. The molecule has 3 aromatic heterocycles. The molecule has 0 radical (unpaired) electrons. The lowest BCUT2D eigenvalue weighted by Crippen LogP contribution is -2.32. The van der Waals surface area contributed by atoms with Crippen molar-refractivity contribution in [3.05, 3.63) is 70.4 Å². The Kier molecular flexibility index (Phi) is 6.80. The van der Waals surface area contributed by atoms with Gasteiger partial charge in [0.15, 0.2) is 0 Å². The van der Waals surface area contributed by atoms with Crippen LogP contribution in [-0.2, 0) is 36.0 Å². The Morgan fingerprint density at radius 3 is 3.00 bits per heavy atom. The van der Waals surface area contributed by atoms with Crippen molar-refractivity contribution in [1.82, 2.24) is 19.9 Å². The second-order valence-electron chi connectivity index (χ2n) is 7.55. The van der Waals surface area contributed by atoms with Gasteiger partial charge >= 0.3 is 6.09 Å². The van der Waals surface area contributed by atoms with Crippen LogP contribution in [-0.4, -0.2) is 32.6 Å². The fourth-order valence-corrected chi connectivity index (χ4v) is 4.84. The summed E-state index contributed by atoms with van der Waals surface area (Å²) in [5, 5.41) is 15.7. The van der Waals surface area contributed by atoms with E-state index < -0.39 is 6.09 Å². The van der Waals surface area contributed by atoms with Crippen molar-refractivity contribution < 1.29 is 14.3 Å². The third kappa shape index (κ3) is 5.45. The number of amides is 2. The predicted octanol–water partition coefficient (Wildman–Crippen LogP) is 3.18. The third-order valence-corrected chi connectivity index (χ3v) is 6.45. The molecule has 0 aromatic carbocycles. The molecule has 1 atom stereocenters. The second kappa shape index (κ2) is 10.1. The monoisotopic (exact) mass is 462 g/mol. The Labute approximate surface area is 194 Å². The van der Waals surface area contributed by atoms with E-state index in [1.807, 2.05) is 17.7 Å². The number of imidazole rings is 1. The largest absolute Gasteiger partial charge is 0.446 e. The average Bonchev–Trinajstić information content (AvgIpc) is 3.38. The molecule has 10 heteroatoms. The van der Waals surface area contributed by atoms with E-state index in [1.165, 1.54) is 17.4 Å². The van der Waals surface area contributed by atoms with Gasteiger partial charge in [-0.25, -0.2) is 9.78 Å². The highest BCUT2D eigenvalue weighted by Gasteiger charge is 2.28. The fourth-order valence-electron chi connectivity index (χ4n) is 3.57. The van der Waals surface area contributed by atoms with E-state index in [4.69, 9.17) is 4.74 Å². The Hall–Kier alpha value is -3.97. The van der Waals surface area contributed by atoms with Crippen LogP contribution in [0, 0.1) is 11.3 Å². The second-order valence-corrected chi connectivity index (χ2v) is 8.65. The maximum Gasteiger partial charge on any atom is 0.407 e. The molecule has 2 amide bonds. The van der Waals surface area contributed by atoms with Crippen LogP contribution in [0.5, 0.6) is 0 Å². The minimum absolute atomic E-state index is 0.289. The molecular formula is C23H22N6O3S. The van der Waals surface area contributed by atoms with Crippen LogP contribution in [0.3, 0.4) is 0 Å². The van der Waals surface area contributed by atoms with E-state index in [9.17, 15) is 14.9 Å². The third-order valence-electron chi connectivity index (χ3n) is 5.28. The number of pyridine rings is 1. The van der Waals surface area contributed by atoms with Crippen molar-refractivity contribution >= 4 is 34.4 Å². The van der Waals surface area contributed by atoms with E-state index in [2.05, 4.69) is 26.7 Å². The lowest BCUT2D eigenvalue weighted by molar-refractivity contribution is -0.111. The summed E-state index contributed by atoms with van der Waals surface area (Å²) in [4.78, 5) is 33.6. The van der Waals surface area contributed by atoms with Crippen molar-refractivity contribution in [2.75, 3.05) is 5.32 Å². The summed E-state index contributed by atoms with van der Waals surface area (Å²) in [5.74, 6) is -0.323. The smallest absolute Gasteiger partial charge is 0.407 e. The summed E-state index contributed by atoms with van der Waals surface area (Å²) in [6.45, 7) is 0.327. The van der Waals surface area contributed by atoms with Crippen LogP contribution >= 0.6 is 11.3 Å². The van der Waals surface area contributed by atoms with Gasteiger partial charge in [0.25, 0.3) is 0 Å². The lowest BCUT2D eigenvalue weighted by atomic mass is 9.94. The number of carbonyl (C=O) groups is 2. The summed E-state index contributed by atoms with van der Waals surface area (Å²) in [7, 11) is 1.85. The molecule has 3 heterocycles. The molecule has 0 saturated carbocycles. The maximum atomic E-state index is 12.4. The molecule has 0 aliphatic heterocycles. The van der Waals surface area contributed by atoms with E-state index in [-0.39, 0.29) is 12.0 Å². The Morgan fingerprint density at radius 1 is 1.39 bits per heavy atom. The zero-order valence-electron chi connectivity index (χ0n) is 17.9. The van der Waals surface area contributed by atoms with Gasteiger partial charge in [-0.1, -0.05) is 6.07 Å². The maximum absolute atomic E-state index is 12.4. The molecule has 168 valence electrons. The van der Waals surface area contributed by atoms with Gasteiger partial charge in [-0.05, 0) is 36.1 Å². The number of fused-ring (bicyclic) bond motifs is 1. The molecule has 9 nitrogen and oxygen atoms in total. The lowest BCUT2D eigenvalue weighted by Gasteiger charge is -2.22. The predicted molar refractivity (Wildman–Crippen MR) is 123 cm³/mol. The molecule has 0 fully saturated rings. The number of nitrogens with one attached hydrogen (secondary N) is 2. The Morgan fingerprint density at radius 2 is 2.27 bits per heavy atom. The first kappa shape index (κ1) is 22.2. The number of hydrogen-bond donors (Lipinski definition) is 2. The van der Waals surface area contributed by atoms with Crippen LogP contribution in [0.4, 0.5) is 9.80 Å². The molecular weight excluding hydrogens is 440 g/mol. The molecule has 1 aliphatic rings. The zero-order chi connectivity index (χ0) is 23.2. The molecule has 0 bridgehead atoms. The van der Waals surface area contributed by atoms with Gasteiger partial charge in [-0.2, -0.15) is 5.26 Å². The number of hydrogen-bond acceptors (Lipinski definition) is 7. The molecule has 33 heavy (non-hydrogen) atoms. The number of aryl methyl sites for hydroxylation is 1. The van der Waals surface area contributed by atoms with Gasteiger partial charge < -0.3 is 19.9 Å². The van der Waals surface area contributed by atoms with Gasteiger partial charge in [0.1, 0.15) is 17.2 Å². The van der Waals surface area contributed by atoms with Crippen molar-refractivity contribution in [3.8, 4) is 6.07 Å². The summed E-state index contributed by atoms with van der Waals surface area (Å²) in [6.07, 6.45) is 10.7. The number of rotatable bonds is 6. The number of nitrogens with zero attached hydrogens (tertiary/aromatic N) is 4. The quantitative estimate of drug-likeness (QED) is 0.543. The van der Waals surface area contributed by atoms with Crippen LogP contribution in [0.1, 0.15) is 33.7 Å². The summed E-state index contributed by atoms with van der Waals surface area (Å²) < 4.78 is 7.40. The molecule has 0 saturated heterocycles. The first-order valence-electron chi connectivity index (χ1n) is 10.4. The summed E-state index contributed by atoms with van der Waals surface area (Å²) >= 11 is 1.36. The number of anilines is 1. The van der Waals surface area contributed by atoms with Gasteiger partial charge in [0, 0.05) is 43.0 Å². The van der Waals surface area contributed by atoms with Crippen LogP contribution in [0.15, 0.2) is 43.1 Å². The minimum atomic E-state index is -0.490. The van der Waals surface area contributed by atoms with E-state index in [0.717, 1.165) is 21.7 Å². The van der Waals surface area contributed by atoms with Crippen molar-refractivity contribution in [2.45, 2.75) is 31.9 Å². The van der Waals surface area contributed by atoms with Gasteiger partial charge in [-0.3, -0.25) is 9.78 Å². The zero-order valence-corrected chi connectivity index (χ0v) is 18.8. The highest BCUT2D eigenvalue weighted by molar-refractivity contribution is 7.16. The molecule has 1 unspecified atom stereocenters. The van der Waals surface area contributed by atoms with Crippen molar-refractivity contribution in [3.63, 3.8) is 0 Å². The number of ether oxygens (including phenoxy) is 1. The van der Waals surface area contributed by atoms with Crippen LogP contribution < -0.4 is 10.6 Å². The highest BCUT2D eigenvalue weighted by atomic mass is 32.1. The number of thiophene rings is 1. The molecule has 3 aromatic rings. The molecule has 4 rings (SSSR count). The number of aromatic nitrogens is 3. The van der Waals surface area contributed by atoms with Crippen molar-refractivity contribution in [2.24, 2.45) is 7.05 Å². The van der Waals surface area contributed by atoms with Crippen LogP contribution in [0.2, 0.25) is 0 Å². The normalized spacial score (nSPS) is 15.0. The van der Waals surface area contributed by atoms with Crippen molar-refractivity contribution in [1.29, 1.82) is 5.26 Å². The van der Waals surface area contributed by atoms with E-state index in [0.29, 0.717) is 36.4 Å². The van der Waals surface area contributed by atoms with Gasteiger partial charge in [0.2, 0.25) is 5.91 Å². The standard InChI is InChI=1S/C23H22N6O3S/c1-29-14-26-12-16(29)13-27-23(31)32-17-5-6-18-19(10-24)22(33-20(18)9-17)28-21(30)7-4-15-3-2-8-25-11-15/h2-4,7-8,11-12,14,17H,5-6,9,13H2,1H3,(H,27,31)(H,28,30)/b7-4+. The van der Waals surface area contributed by atoms with E-state index in [1.54, 1.807) is 37.1 Å². The number of carbonyl (C=O) groups excluding carboxylic acids is 2. The highest BCUT2D eigenvalue weighted by Crippen LogP contribution is 2.38. The topological polar surface area (TPSA) is 122 Å². The molecule has 0 spiro atoms. The van der Waals surface area contributed by atoms with Crippen LogP contribution in [0.25, 0.3) is 6.08 Å². The van der Waals surface area contributed by atoms with E-state index >= 15 is 0 Å². The molecule has 2 N–H and O–H groups in total.